The molecule has 0 heterocycles. The van der Waals surface area contributed by atoms with Crippen molar-refractivity contribution >= 4 is 0 Å². The number of ether oxygens (including phenoxy) is 1. The summed E-state index contributed by atoms with van der Waals surface area (Å²) in [5.74, 6) is 0. The molecular formula is C14H23NO. The van der Waals surface area contributed by atoms with Crippen LogP contribution in [-0.4, -0.2) is 18.7 Å². The summed E-state index contributed by atoms with van der Waals surface area (Å²) in [5.41, 5.74) is 1.45. The highest BCUT2D eigenvalue weighted by atomic mass is 16.5. The summed E-state index contributed by atoms with van der Waals surface area (Å²) >= 11 is 0. The monoisotopic (exact) mass is 221 g/mol. The van der Waals surface area contributed by atoms with E-state index >= 15 is 0 Å². The fourth-order valence-corrected chi connectivity index (χ4v) is 1.35. The molecule has 1 aromatic rings. The second-order valence-corrected chi connectivity index (χ2v) is 4.70. The Morgan fingerprint density at radius 3 is 2.50 bits per heavy atom. The molecule has 0 amide bonds. The molecule has 0 aliphatic heterocycles. The molecule has 1 N–H and O–H groups in total. The Hall–Kier alpha value is -0.860. The number of hydrogen-bond acceptors (Lipinski definition) is 2. The minimum absolute atomic E-state index is 0.218. The first-order chi connectivity index (χ1) is 7.64. The molecule has 0 spiro atoms. The smallest absolute Gasteiger partial charge is 0.0717 e. The van der Waals surface area contributed by atoms with Gasteiger partial charge in [0.25, 0.3) is 0 Å². The summed E-state index contributed by atoms with van der Waals surface area (Å²) in [7, 11) is 0. The standard InChI is InChI=1S/C14H23NO/c1-4-14(2,3)15-10-11-16-12-13-8-6-5-7-9-13/h5-9,15H,4,10-12H2,1-3H3. The van der Waals surface area contributed by atoms with E-state index in [4.69, 9.17) is 4.74 Å². The molecule has 0 atom stereocenters. The molecule has 90 valence electrons. The summed E-state index contributed by atoms with van der Waals surface area (Å²) in [6, 6.07) is 10.3. The molecule has 0 saturated heterocycles. The van der Waals surface area contributed by atoms with Crippen LogP contribution < -0.4 is 5.32 Å². The van der Waals surface area contributed by atoms with Crippen LogP contribution in [0.3, 0.4) is 0 Å². The summed E-state index contributed by atoms with van der Waals surface area (Å²) in [6.07, 6.45) is 1.13. The predicted octanol–water partition coefficient (Wildman–Crippen LogP) is 2.98. The van der Waals surface area contributed by atoms with E-state index in [0.29, 0.717) is 6.61 Å². The van der Waals surface area contributed by atoms with Gasteiger partial charge in [0, 0.05) is 12.1 Å². The fourth-order valence-electron chi connectivity index (χ4n) is 1.35. The van der Waals surface area contributed by atoms with Gasteiger partial charge in [0.15, 0.2) is 0 Å². The molecule has 0 unspecified atom stereocenters. The van der Waals surface area contributed by atoms with Crippen molar-refractivity contribution in [3.63, 3.8) is 0 Å². The van der Waals surface area contributed by atoms with Crippen LogP contribution in [0, 0.1) is 0 Å². The predicted molar refractivity (Wildman–Crippen MR) is 68.5 cm³/mol. The highest BCUT2D eigenvalue weighted by Crippen LogP contribution is 2.06. The average molecular weight is 221 g/mol. The minimum atomic E-state index is 0.218. The van der Waals surface area contributed by atoms with Crippen molar-refractivity contribution in [3.05, 3.63) is 35.9 Å². The maximum Gasteiger partial charge on any atom is 0.0717 e. The van der Waals surface area contributed by atoms with Gasteiger partial charge in [0.05, 0.1) is 13.2 Å². The van der Waals surface area contributed by atoms with Gasteiger partial charge in [-0.2, -0.15) is 0 Å². The van der Waals surface area contributed by atoms with Crippen LogP contribution in [0.25, 0.3) is 0 Å². The van der Waals surface area contributed by atoms with Gasteiger partial charge >= 0.3 is 0 Å². The van der Waals surface area contributed by atoms with Crippen LogP contribution in [0.2, 0.25) is 0 Å². The fraction of sp³-hybridized carbons (Fsp3) is 0.571. The van der Waals surface area contributed by atoms with E-state index in [2.05, 4.69) is 38.2 Å². The molecule has 0 aliphatic carbocycles. The van der Waals surface area contributed by atoms with Crippen molar-refractivity contribution in [3.8, 4) is 0 Å². The Kier molecular flexibility index (Phi) is 5.50. The maximum atomic E-state index is 5.60. The van der Waals surface area contributed by atoms with Crippen LogP contribution in [0.15, 0.2) is 30.3 Å². The van der Waals surface area contributed by atoms with Gasteiger partial charge in [-0.3, -0.25) is 0 Å². The third-order valence-electron chi connectivity index (χ3n) is 2.85. The molecule has 0 fully saturated rings. The van der Waals surface area contributed by atoms with E-state index in [1.807, 2.05) is 18.2 Å². The van der Waals surface area contributed by atoms with Crippen molar-refractivity contribution in [1.29, 1.82) is 0 Å². The van der Waals surface area contributed by atoms with Gasteiger partial charge in [-0.05, 0) is 25.8 Å². The maximum absolute atomic E-state index is 5.60. The zero-order valence-electron chi connectivity index (χ0n) is 10.6. The van der Waals surface area contributed by atoms with E-state index in [0.717, 1.165) is 19.6 Å². The molecule has 16 heavy (non-hydrogen) atoms. The van der Waals surface area contributed by atoms with E-state index in [1.165, 1.54) is 5.56 Å². The molecule has 0 bridgehead atoms. The Bertz CT molecular complexity index is 282. The molecular weight excluding hydrogens is 198 g/mol. The largest absolute Gasteiger partial charge is 0.375 e. The Morgan fingerprint density at radius 1 is 1.19 bits per heavy atom. The van der Waals surface area contributed by atoms with E-state index in [-0.39, 0.29) is 5.54 Å². The lowest BCUT2D eigenvalue weighted by Crippen LogP contribution is -2.40. The van der Waals surface area contributed by atoms with E-state index in [1.54, 1.807) is 0 Å². The summed E-state index contributed by atoms with van der Waals surface area (Å²) < 4.78 is 5.60. The number of benzene rings is 1. The Balaban J connectivity index is 2.09. The highest BCUT2D eigenvalue weighted by Gasteiger charge is 2.12. The molecule has 1 rings (SSSR count). The third kappa shape index (κ3) is 5.29. The van der Waals surface area contributed by atoms with Crippen LogP contribution in [0.4, 0.5) is 0 Å². The van der Waals surface area contributed by atoms with Crippen molar-refractivity contribution in [2.24, 2.45) is 0 Å². The van der Waals surface area contributed by atoms with Gasteiger partial charge in [-0.1, -0.05) is 37.3 Å². The summed E-state index contributed by atoms with van der Waals surface area (Å²) in [6.45, 7) is 8.99. The second-order valence-electron chi connectivity index (χ2n) is 4.70. The van der Waals surface area contributed by atoms with Crippen molar-refractivity contribution in [2.75, 3.05) is 13.2 Å². The first-order valence-corrected chi connectivity index (χ1v) is 6.01. The van der Waals surface area contributed by atoms with Gasteiger partial charge < -0.3 is 10.1 Å². The molecule has 0 aliphatic rings. The zero-order valence-corrected chi connectivity index (χ0v) is 10.6. The molecule has 2 heteroatoms. The van der Waals surface area contributed by atoms with Gasteiger partial charge in [0.1, 0.15) is 0 Å². The molecule has 0 aromatic heterocycles. The Morgan fingerprint density at radius 2 is 1.88 bits per heavy atom. The normalized spacial score (nSPS) is 11.7. The van der Waals surface area contributed by atoms with Crippen LogP contribution >= 0.6 is 0 Å². The summed E-state index contributed by atoms with van der Waals surface area (Å²) in [5, 5.41) is 3.47. The number of hydrogen-bond donors (Lipinski definition) is 1. The van der Waals surface area contributed by atoms with Crippen LogP contribution in [-0.2, 0) is 11.3 Å². The number of nitrogens with one attached hydrogen (secondary N) is 1. The second kappa shape index (κ2) is 6.66. The van der Waals surface area contributed by atoms with Gasteiger partial charge in [-0.25, -0.2) is 0 Å². The van der Waals surface area contributed by atoms with Gasteiger partial charge in [-0.15, -0.1) is 0 Å². The topological polar surface area (TPSA) is 21.3 Å². The summed E-state index contributed by atoms with van der Waals surface area (Å²) in [4.78, 5) is 0. The molecule has 0 saturated carbocycles. The lowest BCUT2D eigenvalue weighted by molar-refractivity contribution is 0.117. The quantitative estimate of drug-likeness (QED) is 0.715. The SMILES string of the molecule is CCC(C)(C)NCCOCc1ccccc1. The van der Waals surface area contributed by atoms with Crippen LogP contribution in [0.1, 0.15) is 32.8 Å². The first-order valence-electron chi connectivity index (χ1n) is 6.01. The molecule has 0 radical (unpaired) electrons. The average Bonchev–Trinajstić information content (AvgIpc) is 2.30. The van der Waals surface area contributed by atoms with E-state index in [9.17, 15) is 0 Å². The van der Waals surface area contributed by atoms with Crippen molar-refractivity contribution in [1.82, 2.24) is 5.32 Å². The third-order valence-corrected chi connectivity index (χ3v) is 2.85. The lowest BCUT2D eigenvalue weighted by Gasteiger charge is -2.24. The van der Waals surface area contributed by atoms with Crippen molar-refractivity contribution in [2.45, 2.75) is 39.3 Å². The number of rotatable bonds is 7. The van der Waals surface area contributed by atoms with Gasteiger partial charge in [0.2, 0.25) is 0 Å². The zero-order chi connectivity index (χ0) is 11.9. The Labute approximate surface area is 99.0 Å². The molecule has 1 aromatic carbocycles. The minimum Gasteiger partial charge on any atom is -0.375 e. The van der Waals surface area contributed by atoms with Crippen molar-refractivity contribution < 1.29 is 4.74 Å². The first kappa shape index (κ1) is 13.2. The lowest BCUT2D eigenvalue weighted by atomic mass is 10.0. The molecule has 2 nitrogen and oxygen atoms in total. The van der Waals surface area contributed by atoms with Crippen LogP contribution in [0.5, 0.6) is 0 Å². The van der Waals surface area contributed by atoms with E-state index < -0.39 is 0 Å². The highest BCUT2D eigenvalue weighted by molar-refractivity contribution is 5.13.